The normalized spacial score (nSPS) is 15.6. The number of rotatable bonds is 1. The van der Waals surface area contributed by atoms with Gasteiger partial charge in [-0.3, -0.25) is 4.90 Å². The molecular formula is C10H12FN3O. The molecule has 1 aromatic carbocycles. The maximum atomic E-state index is 13.6. The third kappa shape index (κ3) is 1.49. The Morgan fingerprint density at radius 3 is 2.87 bits per heavy atom. The van der Waals surface area contributed by atoms with Crippen molar-refractivity contribution in [2.75, 3.05) is 23.7 Å². The lowest BCUT2D eigenvalue weighted by molar-refractivity contribution is 0.252. The summed E-state index contributed by atoms with van der Waals surface area (Å²) in [7, 11) is 0. The average Bonchev–Trinajstić information content (AvgIpc) is 2.60. The first-order valence-corrected chi connectivity index (χ1v) is 4.71. The van der Waals surface area contributed by atoms with E-state index in [0.29, 0.717) is 24.3 Å². The number of hydrogen-bond donors (Lipinski definition) is 2. The number of nitrogens with two attached hydrogens (primary N) is 1. The molecule has 0 aromatic heterocycles. The van der Waals surface area contributed by atoms with Crippen molar-refractivity contribution in [3.63, 3.8) is 0 Å². The fraction of sp³-hybridized carbons (Fsp3) is 0.300. The van der Waals surface area contributed by atoms with Gasteiger partial charge in [0.2, 0.25) is 0 Å². The van der Waals surface area contributed by atoms with Gasteiger partial charge in [0, 0.05) is 18.8 Å². The van der Waals surface area contributed by atoms with Gasteiger partial charge in [-0.2, -0.15) is 0 Å². The third-order valence-corrected chi connectivity index (χ3v) is 2.55. The zero-order chi connectivity index (χ0) is 11.0. The molecule has 0 bridgehead atoms. The number of urea groups is 1. The van der Waals surface area contributed by atoms with E-state index < -0.39 is 5.82 Å². The number of nitrogens with one attached hydrogen (secondary N) is 1. The number of hydrogen-bond acceptors (Lipinski definition) is 2. The molecule has 80 valence electrons. The molecule has 3 N–H and O–H groups in total. The summed E-state index contributed by atoms with van der Waals surface area (Å²) in [6.07, 6.45) is 0. The number of nitrogens with zero attached hydrogens (tertiary/aromatic N) is 1. The van der Waals surface area contributed by atoms with E-state index in [9.17, 15) is 9.18 Å². The Morgan fingerprint density at radius 2 is 2.27 bits per heavy atom. The smallest absolute Gasteiger partial charge is 0.322 e. The monoisotopic (exact) mass is 209 g/mol. The van der Waals surface area contributed by atoms with Gasteiger partial charge in [-0.25, -0.2) is 9.18 Å². The molecule has 1 saturated heterocycles. The van der Waals surface area contributed by atoms with Crippen LogP contribution in [0.1, 0.15) is 5.56 Å². The number of carbonyl (C=O) groups is 1. The average molecular weight is 209 g/mol. The van der Waals surface area contributed by atoms with Crippen molar-refractivity contribution in [2.45, 2.75) is 6.92 Å². The van der Waals surface area contributed by atoms with E-state index in [1.54, 1.807) is 6.92 Å². The van der Waals surface area contributed by atoms with Gasteiger partial charge >= 0.3 is 6.03 Å². The Labute approximate surface area is 86.9 Å². The topological polar surface area (TPSA) is 58.4 Å². The zero-order valence-electron chi connectivity index (χ0n) is 8.38. The summed E-state index contributed by atoms with van der Waals surface area (Å²) in [6, 6.07) is 2.51. The molecule has 0 radical (unpaired) electrons. The molecule has 15 heavy (non-hydrogen) atoms. The Morgan fingerprint density at radius 1 is 1.53 bits per heavy atom. The van der Waals surface area contributed by atoms with Gasteiger partial charge in [0.05, 0.1) is 5.69 Å². The Bertz CT molecular complexity index is 419. The summed E-state index contributed by atoms with van der Waals surface area (Å²) in [5.74, 6) is -0.418. The molecule has 2 rings (SSSR count). The standard InChI is InChI=1S/C10H12FN3O/c1-6-8(12)3-2-7(11)9(6)14-5-4-13-10(14)15/h2-3H,4-5,12H2,1H3,(H,13,15). The first-order chi connectivity index (χ1) is 7.11. The van der Waals surface area contributed by atoms with E-state index in [2.05, 4.69) is 5.32 Å². The highest BCUT2D eigenvalue weighted by atomic mass is 19.1. The van der Waals surface area contributed by atoms with Gasteiger partial charge in [0.15, 0.2) is 0 Å². The van der Waals surface area contributed by atoms with Gasteiger partial charge in [0.1, 0.15) is 5.82 Å². The van der Waals surface area contributed by atoms with Gasteiger partial charge < -0.3 is 11.1 Å². The second-order valence-electron chi connectivity index (χ2n) is 3.49. The number of nitrogen functional groups attached to an aromatic ring is 1. The summed E-state index contributed by atoms with van der Waals surface area (Å²) < 4.78 is 13.6. The number of benzene rings is 1. The van der Waals surface area contributed by atoms with Crippen LogP contribution in [0.4, 0.5) is 20.6 Å². The molecule has 2 amide bonds. The number of carbonyl (C=O) groups excluding carboxylic acids is 1. The molecule has 0 aliphatic carbocycles. The minimum Gasteiger partial charge on any atom is -0.398 e. The van der Waals surface area contributed by atoms with E-state index >= 15 is 0 Å². The molecule has 1 aliphatic rings. The first kappa shape index (κ1) is 9.76. The highest BCUT2D eigenvalue weighted by Gasteiger charge is 2.25. The van der Waals surface area contributed by atoms with Crippen LogP contribution in [0.2, 0.25) is 0 Å². The quantitative estimate of drug-likeness (QED) is 0.684. The molecule has 4 nitrogen and oxygen atoms in total. The number of anilines is 2. The summed E-state index contributed by atoms with van der Waals surface area (Å²) in [4.78, 5) is 12.8. The van der Waals surface area contributed by atoms with E-state index in [-0.39, 0.29) is 11.7 Å². The van der Waals surface area contributed by atoms with Gasteiger partial charge in [-0.05, 0) is 24.6 Å². The zero-order valence-corrected chi connectivity index (χ0v) is 8.38. The van der Waals surface area contributed by atoms with Crippen molar-refractivity contribution in [1.82, 2.24) is 5.32 Å². The fourth-order valence-electron chi connectivity index (χ4n) is 1.70. The number of halogens is 1. The summed E-state index contributed by atoms with van der Waals surface area (Å²) in [5.41, 5.74) is 7.06. The molecule has 1 aromatic rings. The molecule has 5 heteroatoms. The second-order valence-corrected chi connectivity index (χ2v) is 3.49. The molecule has 0 atom stereocenters. The maximum absolute atomic E-state index is 13.6. The van der Waals surface area contributed by atoms with Crippen molar-refractivity contribution in [1.29, 1.82) is 0 Å². The van der Waals surface area contributed by atoms with Gasteiger partial charge in [-0.15, -0.1) is 0 Å². The molecule has 1 heterocycles. The van der Waals surface area contributed by atoms with Crippen molar-refractivity contribution in [3.05, 3.63) is 23.5 Å². The van der Waals surface area contributed by atoms with Crippen LogP contribution in [0.3, 0.4) is 0 Å². The Hall–Kier alpha value is -1.78. The van der Waals surface area contributed by atoms with Crippen LogP contribution < -0.4 is 16.0 Å². The lowest BCUT2D eigenvalue weighted by atomic mass is 10.1. The summed E-state index contributed by atoms with van der Waals surface area (Å²) in [5, 5.41) is 2.62. The summed E-state index contributed by atoms with van der Waals surface area (Å²) in [6.45, 7) is 2.71. The van der Waals surface area contributed by atoms with Gasteiger partial charge in [0.25, 0.3) is 0 Å². The molecular weight excluding hydrogens is 197 g/mol. The lowest BCUT2D eigenvalue weighted by Gasteiger charge is -2.18. The van der Waals surface area contributed by atoms with Crippen molar-refractivity contribution in [3.8, 4) is 0 Å². The minimum atomic E-state index is -0.418. The lowest BCUT2D eigenvalue weighted by Crippen LogP contribution is -2.29. The number of amides is 2. The van der Waals surface area contributed by atoms with Crippen LogP contribution in [0, 0.1) is 12.7 Å². The van der Waals surface area contributed by atoms with E-state index in [1.807, 2.05) is 0 Å². The molecule has 1 fully saturated rings. The maximum Gasteiger partial charge on any atom is 0.322 e. The first-order valence-electron chi connectivity index (χ1n) is 4.71. The fourth-order valence-corrected chi connectivity index (χ4v) is 1.70. The van der Waals surface area contributed by atoms with E-state index in [0.717, 1.165) is 0 Å². The van der Waals surface area contributed by atoms with E-state index in [1.165, 1.54) is 17.0 Å². The SMILES string of the molecule is Cc1c(N)ccc(F)c1N1CCNC1=O. The van der Waals surface area contributed by atoms with Crippen LogP contribution in [0.15, 0.2) is 12.1 Å². The predicted molar refractivity (Wildman–Crippen MR) is 56.3 cm³/mol. The van der Waals surface area contributed by atoms with Gasteiger partial charge in [-0.1, -0.05) is 0 Å². The summed E-state index contributed by atoms with van der Waals surface area (Å²) >= 11 is 0. The molecule has 1 aliphatic heterocycles. The van der Waals surface area contributed by atoms with Crippen molar-refractivity contribution >= 4 is 17.4 Å². The van der Waals surface area contributed by atoms with Crippen LogP contribution in [0.25, 0.3) is 0 Å². The largest absolute Gasteiger partial charge is 0.398 e. The highest BCUT2D eigenvalue weighted by molar-refractivity contribution is 5.95. The van der Waals surface area contributed by atoms with Crippen LogP contribution in [-0.4, -0.2) is 19.1 Å². The molecule has 0 unspecified atom stereocenters. The van der Waals surface area contributed by atoms with Crippen molar-refractivity contribution < 1.29 is 9.18 Å². The van der Waals surface area contributed by atoms with Crippen molar-refractivity contribution in [2.24, 2.45) is 0 Å². The predicted octanol–water partition coefficient (Wildman–Crippen LogP) is 1.25. The molecule has 0 saturated carbocycles. The molecule has 0 spiro atoms. The Kier molecular flexibility index (Phi) is 2.22. The van der Waals surface area contributed by atoms with Crippen LogP contribution in [-0.2, 0) is 0 Å². The minimum absolute atomic E-state index is 0.275. The Balaban J connectivity index is 2.51. The van der Waals surface area contributed by atoms with E-state index in [4.69, 9.17) is 5.73 Å². The third-order valence-electron chi connectivity index (χ3n) is 2.55. The highest BCUT2D eigenvalue weighted by Crippen LogP contribution is 2.29. The second kappa shape index (κ2) is 3.42. The van der Waals surface area contributed by atoms with Crippen LogP contribution in [0.5, 0.6) is 0 Å². The van der Waals surface area contributed by atoms with Crippen LogP contribution >= 0.6 is 0 Å².